The minimum absolute atomic E-state index is 0. The summed E-state index contributed by atoms with van der Waals surface area (Å²) in [5, 5.41) is 57.0. The van der Waals surface area contributed by atoms with Gasteiger partial charge in [0.2, 0.25) is 17.1 Å². The zero-order valence-electron chi connectivity index (χ0n) is 36.2. The van der Waals surface area contributed by atoms with E-state index in [1.165, 1.54) is 54.6 Å². The molecule has 0 atom stereocenters. The Morgan fingerprint density at radius 1 is 0.348 bits per heavy atom. The Labute approximate surface area is 482 Å². The van der Waals surface area contributed by atoms with E-state index in [9.17, 15) is 67.5 Å². The van der Waals surface area contributed by atoms with E-state index < -0.39 is 65.7 Å². The van der Waals surface area contributed by atoms with Crippen molar-refractivity contribution in [1.29, 1.82) is 0 Å². The van der Waals surface area contributed by atoms with Crippen LogP contribution in [0.3, 0.4) is 0 Å². The van der Waals surface area contributed by atoms with Crippen LogP contribution < -0.4 is 118 Å². The Morgan fingerprint density at radius 3 is 1.01 bits per heavy atom. The number of hydrogen-bond donors (Lipinski definition) is 0. The van der Waals surface area contributed by atoms with Gasteiger partial charge in [-0.05, 0) is 102 Å². The van der Waals surface area contributed by atoms with Gasteiger partial charge in [-0.2, -0.15) is 10.2 Å². The van der Waals surface area contributed by atoms with Gasteiger partial charge in [-0.15, -0.1) is 0 Å². The fourth-order valence-corrected chi connectivity index (χ4v) is 7.69. The number of rotatable bonds is 14. The van der Waals surface area contributed by atoms with Crippen LogP contribution in [-0.2, 0) is 40.5 Å². The fraction of sp³-hybridized carbons (Fsp3) is 0. The standard InChI is InChI=1S/C38H28N8O15S4.4Na/c47-44(41-29-10-19-35(20-11-29)62(50,51)52)32-15-6-27(7-16-32)39-40-31-5-3-25(37(23-31)64(56,57)58)1-2-26-4-14-34(24-38(26)65(59,60)61)46(49)43-28-8-17-33(18-9-28)45(48)42-30-12-21-36(22-13-30)63(53,54)55;;;;/h1-24H,(H,50,51,52)(H,53,54,55)(H,56,57,58)(H,59,60,61);;;;/q;4*+1/p-4. The normalized spacial score (nSPS) is 12.7. The molecule has 6 aromatic carbocycles. The first-order valence-corrected chi connectivity index (χ1v) is 23.3. The third-order valence-corrected chi connectivity index (χ3v) is 12.0. The van der Waals surface area contributed by atoms with E-state index in [4.69, 9.17) is 0 Å². The van der Waals surface area contributed by atoms with E-state index in [-0.39, 0.29) is 184 Å². The minimum Gasteiger partial charge on any atom is -0.744 e. The van der Waals surface area contributed by atoms with E-state index in [2.05, 4.69) is 25.6 Å². The molecule has 0 amide bonds. The molecule has 0 saturated heterocycles. The van der Waals surface area contributed by atoms with Gasteiger partial charge in [0.15, 0.2) is 0 Å². The van der Waals surface area contributed by atoms with E-state index in [1.807, 2.05) is 0 Å². The van der Waals surface area contributed by atoms with Crippen LogP contribution in [-0.4, -0.2) is 66.5 Å². The number of benzene rings is 6. The smallest absolute Gasteiger partial charge is 0.744 e. The first-order chi connectivity index (χ1) is 30.4. The van der Waals surface area contributed by atoms with E-state index >= 15 is 0 Å². The fourth-order valence-electron chi connectivity index (χ4n) is 5.37. The molecule has 0 saturated carbocycles. The van der Waals surface area contributed by atoms with Crippen molar-refractivity contribution in [2.24, 2.45) is 25.6 Å². The van der Waals surface area contributed by atoms with Gasteiger partial charge in [-0.3, -0.25) is 0 Å². The van der Waals surface area contributed by atoms with E-state index in [0.29, 0.717) is 6.07 Å². The number of nitrogens with zero attached hydrogens (tertiary/aromatic N) is 8. The van der Waals surface area contributed by atoms with E-state index in [1.54, 1.807) is 0 Å². The first-order valence-electron chi connectivity index (χ1n) is 17.6. The summed E-state index contributed by atoms with van der Waals surface area (Å²) in [6, 6.07) is 24.9. The van der Waals surface area contributed by atoms with Gasteiger partial charge >= 0.3 is 118 Å². The Bertz CT molecular complexity index is 3440. The summed E-state index contributed by atoms with van der Waals surface area (Å²) in [5.41, 5.74) is -0.923. The predicted molar refractivity (Wildman–Crippen MR) is 220 cm³/mol. The second kappa shape index (κ2) is 25.7. The average Bonchev–Trinajstić information content (AvgIpc) is 3.24. The molecule has 23 nitrogen and oxygen atoms in total. The maximum absolute atomic E-state index is 12.9. The van der Waals surface area contributed by atoms with Crippen LogP contribution in [0.15, 0.2) is 179 Å². The first kappa shape index (κ1) is 61.6. The van der Waals surface area contributed by atoms with Gasteiger partial charge in [0, 0.05) is 51.7 Å². The zero-order valence-corrected chi connectivity index (χ0v) is 47.5. The summed E-state index contributed by atoms with van der Waals surface area (Å²) in [6.45, 7) is 0. The summed E-state index contributed by atoms with van der Waals surface area (Å²) in [4.78, 5) is -2.36. The molecule has 6 aromatic rings. The van der Waals surface area contributed by atoms with Crippen LogP contribution in [0.5, 0.6) is 0 Å². The van der Waals surface area contributed by atoms with Gasteiger partial charge in [0.05, 0.1) is 31.0 Å². The topological polar surface area (TPSA) is 369 Å². The Kier molecular flexibility index (Phi) is 23.0. The van der Waals surface area contributed by atoms with Crippen LogP contribution in [0.2, 0.25) is 0 Å². The van der Waals surface area contributed by atoms with Crippen LogP contribution in [0.25, 0.3) is 12.2 Å². The molecule has 69 heavy (non-hydrogen) atoms. The van der Waals surface area contributed by atoms with Crippen LogP contribution in [0.4, 0.5) is 45.5 Å². The summed E-state index contributed by atoms with van der Waals surface area (Å²) < 4.78 is 140. The van der Waals surface area contributed by atoms with Crippen molar-refractivity contribution in [3.05, 3.63) is 160 Å². The van der Waals surface area contributed by atoms with Gasteiger partial charge in [0.1, 0.15) is 57.5 Å². The molecular weight excluding hydrogens is 1030 g/mol. The zero-order chi connectivity index (χ0) is 47.3. The molecular formula is C38H24N8Na4O15S4. The van der Waals surface area contributed by atoms with Crippen molar-refractivity contribution in [1.82, 2.24) is 0 Å². The third kappa shape index (κ3) is 17.4. The third-order valence-electron chi connectivity index (χ3n) is 8.49. The van der Waals surface area contributed by atoms with Crippen molar-refractivity contribution in [3.63, 3.8) is 0 Å². The van der Waals surface area contributed by atoms with Gasteiger partial charge in [-0.1, -0.05) is 32.8 Å². The maximum Gasteiger partial charge on any atom is 1.00 e. The molecule has 0 aliphatic heterocycles. The molecule has 0 spiro atoms. The quantitative estimate of drug-likeness (QED) is 0.0249. The summed E-state index contributed by atoms with van der Waals surface area (Å²) in [7, 11) is -19.9. The molecule has 0 N–H and O–H groups in total. The summed E-state index contributed by atoms with van der Waals surface area (Å²) >= 11 is 0. The average molecular weight is 1050 g/mol. The van der Waals surface area contributed by atoms with Gasteiger partial charge < -0.3 is 33.8 Å². The summed E-state index contributed by atoms with van der Waals surface area (Å²) in [6.07, 6.45) is 2.05. The largest absolute Gasteiger partial charge is 1.00 e. The summed E-state index contributed by atoms with van der Waals surface area (Å²) in [5.74, 6) is 0. The molecule has 0 aliphatic carbocycles. The Balaban J connectivity index is 0.00000408. The molecule has 334 valence electrons. The van der Waals surface area contributed by atoms with Crippen LogP contribution >= 0.6 is 0 Å². The minimum atomic E-state index is -5.29. The van der Waals surface area contributed by atoms with Crippen molar-refractivity contribution in [2.45, 2.75) is 19.6 Å². The van der Waals surface area contributed by atoms with E-state index in [0.717, 1.165) is 84.9 Å². The van der Waals surface area contributed by atoms with Gasteiger partial charge in [0.25, 0.3) is 0 Å². The molecule has 6 rings (SSSR count). The van der Waals surface area contributed by atoms with Crippen LogP contribution in [0.1, 0.15) is 11.1 Å². The van der Waals surface area contributed by atoms with Crippen LogP contribution in [0, 0.1) is 15.6 Å². The Hall–Kier alpha value is -3.50. The Morgan fingerprint density at radius 2 is 0.638 bits per heavy atom. The van der Waals surface area contributed by atoms with Crippen molar-refractivity contribution >= 4 is 98.1 Å². The molecule has 0 heterocycles. The van der Waals surface area contributed by atoms with Crippen molar-refractivity contribution in [2.75, 3.05) is 0 Å². The molecule has 0 aromatic heterocycles. The molecule has 0 unspecified atom stereocenters. The van der Waals surface area contributed by atoms with Gasteiger partial charge in [-0.25, -0.2) is 33.7 Å². The molecule has 0 bridgehead atoms. The monoisotopic (exact) mass is 1050 g/mol. The maximum atomic E-state index is 12.9. The van der Waals surface area contributed by atoms with Crippen molar-refractivity contribution < 1.29 is 185 Å². The molecule has 0 aliphatic rings. The predicted octanol–water partition coefficient (Wildman–Crippen LogP) is -4.32. The molecule has 0 radical (unpaired) electrons. The second-order valence-corrected chi connectivity index (χ2v) is 18.4. The van der Waals surface area contributed by atoms with Crippen molar-refractivity contribution in [3.8, 4) is 0 Å². The molecule has 0 fully saturated rings. The number of azo groups is 4. The second-order valence-electron chi connectivity index (χ2n) is 12.9. The SMILES string of the molecule is O=S(=O)([O-])c1ccc(N=[N+]([O-])c2ccc(N=Nc3ccc(C=Cc4ccc([N+]([O-])=Nc5ccc([N+]([O-])=Nc6ccc(S(=O)(=O)[O-])cc6)cc5)cc4S(=O)(=O)[O-])c(S(=O)(=O)[O-])c3)cc2)cc1.[Na+].[Na+].[Na+].[Na+]. The molecule has 31 heteroatoms. The number of hydrogen-bond acceptors (Lipinski definition) is 20.